The van der Waals surface area contributed by atoms with E-state index >= 15 is 0 Å². The number of nitrogens with zero attached hydrogens (tertiary/aromatic N) is 2. The third-order valence-electron chi connectivity index (χ3n) is 2.72. The fourth-order valence-corrected chi connectivity index (χ4v) is 1.54. The van der Waals surface area contributed by atoms with E-state index in [1.807, 2.05) is 32.2 Å². The predicted molar refractivity (Wildman–Crippen MR) is 61.4 cm³/mol. The third kappa shape index (κ3) is 2.00. The Morgan fingerprint density at radius 2 is 2.12 bits per heavy atom. The van der Waals surface area contributed by atoms with Gasteiger partial charge in [-0.1, -0.05) is 6.07 Å². The summed E-state index contributed by atoms with van der Waals surface area (Å²) in [5.74, 6) is 0. The molecule has 0 atom stereocenters. The molecule has 0 saturated heterocycles. The second-order valence-corrected chi connectivity index (χ2v) is 3.79. The summed E-state index contributed by atoms with van der Waals surface area (Å²) in [5, 5.41) is 6.57. The summed E-state index contributed by atoms with van der Waals surface area (Å²) in [4.78, 5) is 15.4. The summed E-state index contributed by atoms with van der Waals surface area (Å²) in [6.07, 6.45) is 4.24. The maximum atomic E-state index is 11.3. The van der Waals surface area contributed by atoms with Crippen LogP contribution in [0.1, 0.15) is 22.4 Å². The van der Waals surface area contributed by atoms with E-state index in [0.29, 0.717) is 6.42 Å². The molecule has 2 heterocycles. The van der Waals surface area contributed by atoms with Crippen LogP contribution < -0.4 is 5.56 Å². The number of nitrogens with one attached hydrogen (secondary N) is 1. The number of aromatic amines is 1. The Hall–Kier alpha value is -1.97. The number of H-pyrrole nitrogens is 1. The van der Waals surface area contributed by atoms with Crippen LogP contribution in [0.5, 0.6) is 0 Å². The SMILES string of the molecule is Cc1c(Cc2cccnc2)n[nH]c(=O)c1C. The van der Waals surface area contributed by atoms with Crippen molar-refractivity contribution in [2.24, 2.45) is 0 Å². The monoisotopic (exact) mass is 215 g/mol. The molecule has 2 rings (SSSR count). The molecule has 0 radical (unpaired) electrons. The number of pyridine rings is 1. The number of hydrogen-bond acceptors (Lipinski definition) is 3. The van der Waals surface area contributed by atoms with E-state index in [1.54, 1.807) is 6.20 Å². The van der Waals surface area contributed by atoms with E-state index in [-0.39, 0.29) is 5.56 Å². The Balaban J connectivity index is 2.36. The zero-order valence-corrected chi connectivity index (χ0v) is 9.32. The van der Waals surface area contributed by atoms with Crippen LogP contribution in [0.4, 0.5) is 0 Å². The van der Waals surface area contributed by atoms with Gasteiger partial charge < -0.3 is 0 Å². The van der Waals surface area contributed by atoms with Crippen molar-refractivity contribution in [2.45, 2.75) is 20.3 Å². The molecular weight excluding hydrogens is 202 g/mol. The van der Waals surface area contributed by atoms with Gasteiger partial charge in [-0.2, -0.15) is 5.10 Å². The Bertz CT molecular complexity index is 546. The highest BCUT2D eigenvalue weighted by atomic mass is 16.1. The van der Waals surface area contributed by atoms with Crippen LogP contribution in [-0.2, 0) is 6.42 Å². The predicted octanol–water partition coefficient (Wildman–Crippen LogP) is 1.37. The van der Waals surface area contributed by atoms with Gasteiger partial charge in [0.25, 0.3) is 5.56 Å². The Kier molecular flexibility index (Phi) is 2.81. The molecular formula is C12H13N3O. The number of rotatable bonds is 2. The quantitative estimate of drug-likeness (QED) is 0.823. The third-order valence-corrected chi connectivity index (χ3v) is 2.72. The zero-order chi connectivity index (χ0) is 11.5. The lowest BCUT2D eigenvalue weighted by atomic mass is 10.1. The van der Waals surface area contributed by atoms with Gasteiger partial charge in [0.15, 0.2) is 0 Å². The highest BCUT2D eigenvalue weighted by Gasteiger charge is 2.06. The smallest absolute Gasteiger partial charge is 0.267 e. The molecule has 4 heteroatoms. The van der Waals surface area contributed by atoms with Crippen LogP contribution >= 0.6 is 0 Å². The highest BCUT2D eigenvalue weighted by molar-refractivity contribution is 5.29. The summed E-state index contributed by atoms with van der Waals surface area (Å²) >= 11 is 0. The molecule has 0 bridgehead atoms. The average Bonchev–Trinajstić information content (AvgIpc) is 2.31. The largest absolute Gasteiger partial charge is 0.268 e. The lowest BCUT2D eigenvalue weighted by molar-refractivity contribution is 0.875. The van der Waals surface area contributed by atoms with Gasteiger partial charge in [-0.3, -0.25) is 9.78 Å². The van der Waals surface area contributed by atoms with Gasteiger partial charge >= 0.3 is 0 Å². The first-order valence-corrected chi connectivity index (χ1v) is 5.12. The maximum Gasteiger partial charge on any atom is 0.267 e. The second-order valence-electron chi connectivity index (χ2n) is 3.79. The van der Waals surface area contributed by atoms with Crippen LogP contribution in [0, 0.1) is 13.8 Å². The standard InChI is InChI=1S/C12H13N3O/c1-8-9(2)12(16)15-14-11(8)6-10-4-3-5-13-7-10/h3-5,7H,6H2,1-2H3,(H,15,16). The van der Waals surface area contributed by atoms with E-state index in [4.69, 9.17) is 0 Å². The lowest BCUT2D eigenvalue weighted by Crippen LogP contribution is -2.16. The number of aromatic nitrogens is 3. The molecule has 0 fully saturated rings. The molecule has 0 aliphatic heterocycles. The summed E-state index contributed by atoms with van der Waals surface area (Å²) in [6.45, 7) is 3.73. The minimum absolute atomic E-state index is 0.118. The van der Waals surface area contributed by atoms with Crippen LogP contribution in [0.3, 0.4) is 0 Å². The van der Waals surface area contributed by atoms with E-state index in [9.17, 15) is 4.79 Å². The van der Waals surface area contributed by atoms with Crippen molar-refractivity contribution in [1.29, 1.82) is 0 Å². The normalized spacial score (nSPS) is 10.4. The molecule has 82 valence electrons. The first-order chi connectivity index (χ1) is 7.68. The molecule has 0 saturated carbocycles. The zero-order valence-electron chi connectivity index (χ0n) is 9.32. The molecule has 16 heavy (non-hydrogen) atoms. The molecule has 0 aliphatic carbocycles. The Morgan fingerprint density at radius 1 is 1.31 bits per heavy atom. The van der Waals surface area contributed by atoms with Crippen molar-refractivity contribution in [1.82, 2.24) is 15.2 Å². The van der Waals surface area contributed by atoms with Crippen molar-refractivity contribution in [3.8, 4) is 0 Å². The van der Waals surface area contributed by atoms with Crippen molar-refractivity contribution in [2.75, 3.05) is 0 Å². The van der Waals surface area contributed by atoms with Crippen molar-refractivity contribution >= 4 is 0 Å². The summed E-state index contributed by atoms with van der Waals surface area (Å²) in [6, 6.07) is 3.89. The molecule has 0 amide bonds. The summed E-state index contributed by atoms with van der Waals surface area (Å²) in [5.41, 5.74) is 3.54. The highest BCUT2D eigenvalue weighted by Crippen LogP contribution is 2.10. The topological polar surface area (TPSA) is 58.6 Å². The van der Waals surface area contributed by atoms with Gasteiger partial charge in [0, 0.05) is 24.4 Å². The van der Waals surface area contributed by atoms with E-state index in [2.05, 4.69) is 15.2 Å². The minimum atomic E-state index is -0.118. The molecule has 4 nitrogen and oxygen atoms in total. The van der Waals surface area contributed by atoms with Crippen LogP contribution in [0.25, 0.3) is 0 Å². The van der Waals surface area contributed by atoms with Crippen molar-refractivity contribution < 1.29 is 0 Å². The van der Waals surface area contributed by atoms with E-state index < -0.39 is 0 Å². The molecule has 0 aliphatic rings. The van der Waals surface area contributed by atoms with Crippen molar-refractivity contribution in [3.63, 3.8) is 0 Å². The molecule has 0 unspecified atom stereocenters. The van der Waals surface area contributed by atoms with Gasteiger partial charge in [-0.05, 0) is 31.0 Å². The van der Waals surface area contributed by atoms with Gasteiger partial charge in [-0.25, -0.2) is 5.10 Å². The van der Waals surface area contributed by atoms with Crippen LogP contribution in [0.2, 0.25) is 0 Å². The van der Waals surface area contributed by atoms with E-state index in [1.165, 1.54) is 0 Å². The van der Waals surface area contributed by atoms with Crippen molar-refractivity contribution in [3.05, 3.63) is 57.3 Å². The summed E-state index contributed by atoms with van der Waals surface area (Å²) in [7, 11) is 0. The Morgan fingerprint density at radius 3 is 2.81 bits per heavy atom. The minimum Gasteiger partial charge on any atom is -0.268 e. The average molecular weight is 215 g/mol. The molecule has 2 aromatic heterocycles. The second kappa shape index (κ2) is 4.26. The number of hydrogen-bond donors (Lipinski definition) is 1. The molecule has 0 spiro atoms. The first-order valence-electron chi connectivity index (χ1n) is 5.12. The lowest BCUT2D eigenvalue weighted by Gasteiger charge is -2.05. The first kappa shape index (κ1) is 10.5. The van der Waals surface area contributed by atoms with Gasteiger partial charge in [0.05, 0.1) is 5.69 Å². The molecule has 1 N–H and O–H groups in total. The van der Waals surface area contributed by atoms with Crippen LogP contribution in [0.15, 0.2) is 29.3 Å². The summed E-state index contributed by atoms with van der Waals surface area (Å²) < 4.78 is 0. The maximum absolute atomic E-state index is 11.3. The molecule has 0 aromatic carbocycles. The van der Waals surface area contributed by atoms with Crippen LogP contribution in [-0.4, -0.2) is 15.2 Å². The molecule has 2 aromatic rings. The van der Waals surface area contributed by atoms with Gasteiger partial charge in [-0.15, -0.1) is 0 Å². The fraction of sp³-hybridized carbons (Fsp3) is 0.250. The Labute approximate surface area is 93.4 Å². The van der Waals surface area contributed by atoms with Gasteiger partial charge in [0.2, 0.25) is 0 Å². The van der Waals surface area contributed by atoms with Gasteiger partial charge in [0.1, 0.15) is 0 Å². The van der Waals surface area contributed by atoms with E-state index in [0.717, 1.165) is 22.4 Å². The fourth-order valence-electron chi connectivity index (χ4n) is 1.54.